The van der Waals surface area contributed by atoms with E-state index >= 15 is 0 Å². The largest absolute Gasteiger partial charge is 0.463 e. The first-order valence-corrected chi connectivity index (χ1v) is 5.97. The number of aromatic nitrogens is 4. The molecule has 2 heterocycles. The maximum atomic E-state index is 11.5. The Kier molecular flexibility index (Phi) is 2.52. The van der Waals surface area contributed by atoms with E-state index in [1.54, 1.807) is 0 Å². The van der Waals surface area contributed by atoms with Crippen LogP contribution in [0.5, 0.6) is 0 Å². The van der Waals surface area contributed by atoms with Crippen molar-refractivity contribution < 1.29 is 9.53 Å². The molecule has 0 aliphatic rings. The SMILES string of the molecule is COC(=O)c1nnc2sc(-c3ccccc3)nn12. The fourth-order valence-corrected chi connectivity index (χ4v) is 2.38. The van der Waals surface area contributed by atoms with E-state index in [-0.39, 0.29) is 5.82 Å². The van der Waals surface area contributed by atoms with Crippen LogP contribution in [0.1, 0.15) is 10.6 Å². The van der Waals surface area contributed by atoms with Gasteiger partial charge in [-0.3, -0.25) is 0 Å². The molecule has 0 spiro atoms. The Hall–Kier alpha value is -2.28. The molecular formula is C11H8N4O2S. The molecule has 0 amide bonds. The molecule has 2 aromatic heterocycles. The lowest BCUT2D eigenvalue weighted by Gasteiger charge is -1.94. The number of hydrogen-bond donors (Lipinski definition) is 0. The van der Waals surface area contributed by atoms with Gasteiger partial charge < -0.3 is 4.74 Å². The summed E-state index contributed by atoms with van der Waals surface area (Å²) in [6.45, 7) is 0. The predicted molar refractivity (Wildman–Crippen MR) is 65.4 cm³/mol. The van der Waals surface area contributed by atoms with Gasteiger partial charge in [-0.15, -0.1) is 10.2 Å². The van der Waals surface area contributed by atoms with Gasteiger partial charge in [0.1, 0.15) is 5.01 Å². The molecule has 0 radical (unpaired) electrons. The third kappa shape index (κ3) is 1.65. The Labute approximate surface area is 106 Å². The van der Waals surface area contributed by atoms with Crippen LogP contribution in [0.2, 0.25) is 0 Å². The Morgan fingerprint density at radius 2 is 2.06 bits per heavy atom. The van der Waals surface area contributed by atoms with Crippen LogP contribution < -0.4 is 0 Å². The van der Waals surface area contributed by atoms with Gasteiger partial charge in [0.15, 0.2) is 0 Å². The van der Waals surface area contributed by atoms with Gasteiger partial charge in [0.2, 0.25) is 4.96 Å². The molecule has 7 heteroatoms. The van der Waals surface area contributed by atoms with Crippen molar-refractivity contribution >= 4 is 22.3 Å². The van der Waals surface area contributed by atoms with Gasteiger partial charge in [-0.2, -0.15) is 9.61 Å². The molecule has 0 bridgehead atoms. The summed E-state index contributed by atoms with van der Waals surface area (Å²) in [6, 6.07) is 9.69. The van der Waals surface area contributed by atoms with E-state index < -0.39 is 5.97 Å². The van der Waals surface area contributed by atoms with Gasteiger partial charge >= 0.3 is 5.97 Å². The summed E-state index contributed by atoms with van der Waals surface area (Å²) < 4.78 is 6.02. The number of carbonyl (C=O) groups is 1. The fraction of sp³-hybridized carbons (Fsp3) is 0.0909. The van der Waals surface area contributed by atoms with Gasteiger partial charge in [0, 0.05) is 5.56 Å². The lowest BCUT2D eigenvalue weighted by molar-refractivity contribution is 0.0584. The highest BCUT2D eigenvalue weighted by Crippen LogP contribution is 2.24. The molecule has 0 N–H and O–H groups in total. The number of methoxy groups -OCH3 is 1. The average Bonchev–Trinajstić information content (AvgIpc) is 2.98. The predicted octanol–water partition coefficient (Wildman–Crippen LogP) is 1.64. The molecule has 0 saturated carbocycles. The van der Waals surface area contributed by atoms with Crippen LogP contribution in [0, 0.1) is 0 Å². The van der Waals surface area contributed by atoms with Crippen LogP contribution in [0.25, 0.3) is 15.5 Å². The number of benzene rings is 1. The lowest BCUT2D eigenvalue weighted by atomic mass is 10.2. The second-order valence-electron chi connectivity index (χ2n) is 3.48. The molecule has 18 heavy (non-hydrogen) atoms. The summed E-state index contributed by atoms with van der Waals surface area (Å²) in [5, 5.41) is 12.8. The number of carbonyl (C=O) groups excluding carboxylic acids is 1. The Bertz CT molecular complexity index is 704. The van der Waals surface area contributed by atoms with Crippen LogP contribution in [0.15, 0.2) is 30.3 Å². The first kappa shape index (κ1) is 10.8. The van der Waals surface area contributed by atoms with Gasteiger partial charge in [0.25, 0.3) is 5.82 Å². The minimum absolute atomic E-state index is 0.0888. The van der Waals surface area contributed by atoms with E-state index in [1.807, 2.05) is 30.3 Å². The topological polar surface area (TPSA) is 69.4 Å². The highest BCUT2D eigenvalue weighted by atomic mass is 32.1. The quantitative estimate of drug-likeness (QED) is 0.655. The number of esters is 1. The van der Waals surface area contributed by atoms with Crippen LogP contribution >= 0.6 is 11.3 Å². The minimum atomic E-state index is -0.549. The van der Waals surface area contributed by atoms with Gasteiger partial charge in [-0.1, -0.05) is 41.7 Å². The van der Waals surface area contributed by atoms with Gasteiger partial charge in [0.05, 0.1) is 7.11 Å². The molecule has 1 aromatic carbocycles. The summed E-state index contributed by atoms with van der Waals surface area (Å²) in [5.74, 6) is -0.460. The molecule has 6 nitrogen and oxygen atoms in total. The third-order valence-electron chi connectivity index (χ3n) is 2.38. The van der Waals surface area contributed by atoms with E-state index in [0.29, 0.717) is 4.96 Å². The maximum Gasteiger partial charge on any atom is 0.378 e. The highest BCUT2D eigenvalue weighted by Gasteiger charge is 2.18. The molecule has 3 aromatic rings. The first-order valence-electron chi connectivity index (χ1n) is 5.15. The van der Waals surface area contributed by atoms with Crippen molar-refractivity contribution in [2.45, 2.75) is 0 Å². The second kappa shape index (κ2) is 4.19. The number of rotatable bonds is 2. The van der Waals surface area contributed by atoms with Crippen LogP contribution in [0.4, 0.5) is 0 Å². The summed E-state index contributed by atoms with van der Waals surface area (Å²) in [4.78, 5) is 12.0. The molecule has 0 atom stereocenters. The van der Waals surface area contributed by atoms with Crippen molar-refractivity contribution in [1.29, 1.82) is 0 Å². The monoisotopic (exact) mass is 260 g/mol. The zero-order valence-corrected chi connectivity index (χ0v) is 10.2. The summed E-state index contributed by atoms with van der Waals surface area (Å²) >= 11 is 1.37. The molecule has 0 aliphatic heterocycles. The number of ether oxygens (including phenoxy) is 1. The van der Waals surface area contributed by atoms with Crippen molar-refractivity contribution in [3.8, 4) is 10.6 Å². The first-order chi connectivity index (χ1) is 8.79. The normalized spacial score (nSPS) is 10.7. The standard InChI is InChI=1S/C11H8N4O2S/c1-17-10(16)8-12-13-11-15(8)14-9(18-11)7-5-3-2-4-6-7/h2-6H,1H3. The molecule has 0 unspecified atom stereocenters. The average molecular weight is 260 g/mol. The fourth-order valence-electron chi connectivity index (χ4n) is 1.53. The maximum absolute atomic E-state index is 11.5. The number of fused-ring (bicyclic) bond motifs is 1. The zero-order chi connectivity index (χ0) is 12.5. The smallest absolute Gasteiger partial charge is 0.378 e. The molecule has 90 valence electrons. The second-order valence-corrected chi connectivity index (χ2v) is 4.44. The van der Waals surface area contributed by atoms with Gasteiger partial charge in [-0.25, -0.2) is 4.79 Å². The van der Waals surface area contributed by atoms with E-state index in [4.69, 9.17) is 0 Å². The van der Waals surface area contributed by atoms with E-state index in [9.17, 15) is 4.79 Å². The highest BCUT2D eigenvalue weighted by molar-refractivity contribution is 7.19. The summed E-state index contributed by atoms with van der Waals surface area (Å²) in [5.41, 5.74) is 0.976. The van der Waals surface area contributed by atoms with E-state index in [0.717, 1.165) is 10.6 Å². The van der Waals surface area contributed by atoms with Crippen molar-refractivity contribution in [3.05, 3.63) is 36.2 Å². The van der Waals surface area contributed by atoms with Crippen LogP contribution in [-0.2, 0) is 4.74 Å². The Morgan fingerprint density at radius 1 is 1.28 bits per heavy atom. The minimum Gasteiger partial charge on any atom is -0.463 e. The molecule has 3 rings (SSSR count). The zero-order valence-electron chi connectivity index (χ0n) is 9.40. The van der Waals surface area contributed by atoms with Crippen molar-refractivity contribution in [2.24, 2.45) is 0 Å². The van der Waals surface area contributed by atoms with E-state index in [2.05, 4.69) is 20.0 Å². The molecule has 0 fully saturated rings. The summed E-state index contributed by atoms with van der Waals surface area (Å²) in [7, 11) is 1.30. The van der Waals surface area contributed by atoms with Crippen LogP contribution in [-0.4, -0.2) is 32.9 Å². The van der Waals surface area contributed by atoms with E-state index in [1.165, 1.54) is 23.0 Å². The Morgan fingerprint density at radius 3 is 2.78 bits per heavy atom. The third-order valence-corrected chi connectivity index (χ3v) is 3.33. The molecule has 0 aliphatic carbocycles. The van der Waals surface area contributed by atoms with Crippen molar-refractivity contribution in [1.82, 2.24) is 19.8 Å². The van der Waals surface area contributed by atoms with Crippen molar-refractivity contribution in [2.75, 3.05) is 7.11 Å². The van der Waals surface area contributed by atoms with Crippen LogP contribution in [0.3, 0.4) is 0 Å². The lowest BCUT2D eigenvalue weighted by Crippen LogP contribution is -2.07. The molecule has 0 saturated heterocycles. The molecular weight excluding hydrogens is 252 g/mol. The van der Waals surface area contributed by atoms with Crippen molar-refractivity contribution in [3.63, 3.8) is 0 Å². The number of nitrogens with zero attached hydrogens (tertiary/aromatic N) is 4. The number of hydrogen-bond acceptors (Lipinski definition) is 6. The van der Waals surface area contributed by atoms with Gasteiger partial charge in [-0.05, 0) is 0 Å². The summed E-state index contributed by atoms with van der Waals surface area (Å²) in [6.07, 6.45) is 0. The Balaban J connectivity index is 2.13.